The molecular formula is C22H26ClFN2O2. The smallest absolute Gasteiger partial charge is 0.242 e. The minimum absolute atomic E-state index is 0.00430. The number of nitrogens with zero attached hydrogens (tertiary/aromatic N) is 1. The SMILES string of the molecule is CC[C@H](C)NC(=O)[C@@H](C)N(Cc1cccc(Cl)c1)C(=O)Cc1ccccc1F. The van der Waals surface area contributed by atoms with Crippen LogP contribution in [0.4, 0.5) is 4.39 Å². The molecule has 6 heteroatoms. The van der Waals surface area contributed by atoms with Gasteiger partial charge in [0.15, 0.2) is 0 Å². The summed E-state index contributed by atoms with van der Waals surface area (Å²) in [5.74, 6) is -0.995. The van der Waals surface area contributed by atoms with Crippen LogP contribution in [0, 0.1) is 5.82 Å². The summed E-state index contributed by atoms with van der Waals surface area (Å²) in [6, 6.07) is 12.6. The van der Waals surface area contributed by atoms with Crippen LogP contribution in [0.15, 0.2) is 48.5 Å². The van der Waals surface area contributed by atoms with E-state index in [1.165, 1.54) is 11.0 Å². The lowest BCUT2D eigenvalue weighted by Gasteiger charge is -2.30. The van der Waals surface area contributed by atoms with Crippen molar-refractivity contribution in [3.63, 3.8) is 0 Å². The molecule has 0 radical (unpaired) electrons. The zero-order valence-electron chi connectivity index (χ0n) is 16.4. The van der Waals surface area contributed by atoms with Gasteiger partial charge in [0.25, 0.3) is 0 Å². The van der Waals surface area contributed by atoms with Crippen LogP contribution in [0.1, 0.15) is 38.3 Å². The molecule has 0 aliphatic carbocycles. The Morgan fingerprint density at radius 2 is 1.86 bits per heavy atom. The highest BCUT2D eigenvalue weighted by atomic mass is 35.5. The molecule has 0 heterocycles. The Hall–Kier alpha value is -2.40. The van der Waals surface area contributed by atoms with E-state index in [0.29, 0.717) is 10.6 Å². The molecule has 0 aliphatic rings. The predicted molar refractivity (Wildman–Crippen MR) is 109 cm³/mol. The van der Waals surface area contributed by atoms with E-state index < -0.39 is 11.9 Å². The van der Waals surface area contributed by atoms with Crippen LogP contribution in [-0.4, -0.2) is 28.8 Å². The summed E-state index contributed by atoms with van der Waals surface area (Å²) in [7, 11) is 0. The van der Waals surface area contributed by atoms with Crippen molar-refractivity contribution in [3.05, 3.63) is 70.5 Å². The Morgan fingerprint density at radius 3 is 2.50 bits per heavy atom. The molecule has 0 bridgehead atoms. The van der Waals surface area contributed by atoms with Crippen LogP contribution >= 0.6 is 11.6 Å². The first kappa shape index (κ1) is 21.9. The molecule has 2 rings (SSSR count). The van der Waals surface area contributed by atoms with Crippen LogP contribution in [0.3, 0.4) is 0 Å². The number of nitrogens with one attached hydrogen (secondary N) is 1. The van der Waals surface area contributed by atoms with Crippen molar-refractivity contribution >= 4 is 23.4 Å². The summed E-state index contributed by atoms with van der Waals surface area (Å²) < 4.78 is 14.0. The zero-order valence-corrected chi connectivity index (χ0v) is 17.2. The van der Waals surface area contributed by atoms with Crippen LogP contribution < -0.4 is 5.32 Å². The van der Waals surface area contributed by atoms with E-state index in [2.05, 4.69) is 5.32 Å². The second-order valence-electron chi connectivity index (χ2n) is 6.91. The fourth-order valence-corrected chi connectivity index (χ4v) is 3.00. The maximum absolute atomic E-state index is 14.0. The molecule has 28 heavy (non-hydrogen) atoms. The molecule has 2 amide bonds. The lowest BCUT2D eigenvalue weighted by molar-refractivity contribution is -0.140. The average molecular weight is 405 g/mol. The zero-order chi connectivity index (χ0) is 20.7. The second kappa shape index (κ2) is 10.2. The summed E-state index contributed by atoms with van der Waals surface area (Å²) in [5.41, 5.74) is 1.11. The number of benzene rings is 2. The third-order valence-corrected chi connectivity index (χ3v) is 4.94. The number of hydrogen-bond acceptors (Lipinski definition) is 2. The number of hydrogen-bond donors (Lipinski definition) is 1. The fraction of sp³-hybridized carbons (Fsp3) is 0.364. The Kier molecular flexibility index (Phi) is 8.00. The van der Waals surface area contributed by atoms with E-state index in [0.717, 1.165) is 12.0 Å². The van der Waals surface area contributed by atoms with Gasteiger partial charge in [0.05, 0.1) is 6.42 Å². The van der Waals surface area contributed by atoms with Crippen molar-refractivity contribution in [2.45, 2.75) is 52.2 Å². The van der Waals surface area contributed by atoms with Gasteiger partial charge in [-0.25, -0.2) is 4.39 Å². The fourth-order valence-electron chi connectivity index (χ4n) is 2.79. The van der Waals surface area contributed by atoms with Crippen molar-refractivity contribution < 1.29 is 14.0 Å². The molecular weight excluding hydrogens is 379 g/mol. The van der Waals surface area contributed by atoms with Crippen molar-refractivity contribution in [2.75, 3.05) is 0 Å². The maximum Gasteiger partial charge on any atom is 0.242 e. The minimum Gasteiger partial charge on any atom is -0.352 e. The van der Waals surface area contributed by atoms with Crippen LogP contribution in [0.2, 0.25) is 5.02 Å². The molecule has 0 fully saturated rings. The minimum atomic E-state index is -0.702. The summed E-state index contributed by atoms with van der Waals surface area (Å²) in [6.07, 6.45) is 0.671. The van der Waals surface area contributed by atoms with Gasteiger partial charge in [0.1, 0.15) is 11.9 Å². The molecule has 2 atom stereocenters. The summed E-state index contributed by atoms with van der Waals surface area (Å²) in [6.45, 7) is 5.78. The van der Waals surface area contributed by atoms with Gasteiger partial charge < -0.3 is 10.2 Å². The molecule has 0 spiro atoms. The van der Waals surface area contributed by atoms with Crippen LogP contribution in [0.25, 0.3) is 0 Å². The molecule has 2 aromatic carbocycles. The highest BCUT2D eigenvalue weighted by Crippen LogP contribution is 2.17. The van der Waals surface area contributed by atoms with Crippen molar-refractivity contribution in [1.29, 1.82) is 0 Å². The van der Waals surface area contributed by atoms with Crippen molar-refractivity contribution in [2.24, 2.45) is 0 Å². The molecule has 0 aliphatic heterocycles. The Balaban J connectivity index is 2.25. The van der Waals surface area contributed by atoms with Gasteiger partial charge in [-0.05, 0) is 49.6 Å². The number of carbonyl (C=O) groups is 2. The van der Waals surface area contributed by atoms with Crippen LogP contribution in [-0.2, 0) is 22.6 Å². The van der Waals surface area contributed by atoms with E-state index in [9.17, 15) is 14.0 Å². The topological polar surface area (TPSA) is 49.4 Å². The van der Waals surface area contributed by atoms with Gasteiger partial charge in [0.2, 0.25) is 11.8 Å². The largest absolute Gasteiger partial charge is 0.352 e. The number of halogens is 2. The van der Waals surface area contributed by atoms with Gasteiger partial charge in [-0.15, -0.1) is 0 Å². The lowest BCUT2D eigenvalue weighted by atomic mass is 10.1. The number of amides is 2. The first-order chi connectivity index (χ1) is 13.3. The standard InChI is InChI=1S/C22H26ClFN2O2/c1-4-15(2)25-22(28)16(3)26(14-17-8-7-10-19(23)12-17)21(27)13-18-9-5-6-11-20(18)24/h5-12,15-16H,4,13-14H2,1-3H3,(H,25,28)/t15-,16+/m0/s1. The van der Waals surface area contributed by atoms with Gasteiger partial charge in [-0.1, -0.05) is 48.9 Å². The third-order valence-electron chi connectivity index (χ3n) is 4.71. The summed E-state index contributed by atoms with van der Waals surface area (Å²) in [4.78, 5) is 27.1. The summed E-state index contributed by atoms with van der Waals surface area (Å²) in [5, 5.41) is 3.46. The quantitative estimate of drug-likeness (QED) is 0.710. The first-order valence-corrected chi connectivity index (χ1v) is 9.77. The van der Waals surface area contributed by atoms with E-state index in [1.807, 2.05) is 19.9 Å². The average Bonchev–Trinajstić information content (AvgIpc) is 2.67. The monoisotopic (exact) mass is 404 g/mol. The molecule has 2 aromatic rings. The predicted octanol–water partition coefficient (Wildman–Crippen LogP) is 4.35. The molecule has 0 unspecified atom stereocenters. The number of rotatable bonds is 8. The second-order valence-corrected chi connectivity index (χ2v) is 7.35. The number of carbonyl (C=O) groups excluding carboxylic acids is 2. The molecule has 0 aromatic heterocycles. The maximum atomic E-state index is 14.0. The van der Waals surface area contributed by atoms with Gasteiger partial charge in [0, 0.05) is 17.6 Å². The van der Waals surface area contributed by atoms with Gasteiger partial charge in [-0.3, -0.25) is 9.59 Å². The molecule has 0 saturated carbocycles. The van der Waals surface area contributed by atoms with Crippen molar-refractivity contribution in [1.82, 2.24) is 10.2 Å². The Bertz CT molecular complexity index is 828. The van der Waals surface area contributed by atoms with E-state index >= 15 is 0 Å². The Morgan fingerprint density at radius 1 is 1.14 bits per heavy atom. The Labute approximate surface area is 170 Å². The van der Waals surface area contributed by atoms with Gasteiger partial charge >= 0.3 is 0 Å². The normalized spacial score (nSPS) is 12.9. The van der Waals surface area contributed by atoms with E-state index in [1.54, 1.807) is 43.3 Å². The van der Waals surface area contributed by atoms with E-state index in [-0.39, 0.29) is 30.8 Å². The molecule has 4 nitrogen and oxygen atoms in total. The van der Waals surface area contributed by atoms with Crippen molar-refractivity contribution in [3.8, 4) is 0 Å². The van der Waals surface area contributed by atoms with E-state index in [4.69, 9.17) is 11.6 Å². The highest BCUT2D eigenvalue weighted by molar-refractivity contribution is 6.30. The highest BCUT2D eigenvalue weighted by Gasteiger charge is 2.27. The van der Waals surface area contributed by atoms with Gasteiger partial charge in [-0.2, -0.15) is 0 Å². The first-order valence-electron chi connectivity index (χ1n) is 9.39. The third kappa shape index (κ3) is 6.06. The lowest BCUT2D eigenvalue weighted by Crippen LogP contribution is -2.50. The van der Waals surface area contributed by atoms with Crippen LogP contribution in [0.5, 0.6) is 0 Å². The molecule has 0 saturated heterocycles. The summed E-state index contributed by atoms with van der Waals surface area (Å²) >= 11 is 6.06. The molecule has 150 valence electrons. The molecule has 1 N–H and O–H groups in total.